The summed E-state index contributed by atoms with van der Waals surface area (Å²) in [6.45, 7) is 6.66. The minimum atomic E-state index is 0.117. The molecule has 2 rings (SSSR count). The van der Waals surface area contributed by atoms with Crippen LogP contribution in [0.3, 0.4) is 0 Å². The van der Waals surface area contributed by atoms with Crippen LogP contribution in [-0.2, 0) is 4.74 Å². The Labute approximate surface area is 110 Å². The van der Waals surface area contributed by atoms with Gasteiger partial charge in [-0.2, -0.15) is 0 Å². The van der Waals surface area contributed by atoms with Crippen LogP contribution in [-0.4, -0.2) is 42.8 Å². The molecule has 18 heavy (non-hydrogen) atoms. The molecular formula is C14H26N2O2. The van der Waals surface area contributed by atoms with E-state index in [2.05, 4.69) is 24.1 Å². The zero-order chi connectivity index (χ0) is 13.0. The van der Waals surface area contributed by atoms with E-state index in [9.17, 15) is 4.79 Å². The van der Waals surface area contributed by atoms with Gasteiger partial charge in [0, 0.05) is 19.2 Å². The molecule has 2 aliphatic rings. The predicted octanol–water partition coefficient (Wildman–Crippen LogP) is 2.39. The van der Waals surface area contributed by atoms with Gasteiger partial charge in [0.1, 0.15) is 0 Å². The second-order valence-electron chi connectivity index (χ2n) is 5.99. The van der Waals surface area contributed by atoms with Crippen LogP contribution in [0.4, 0.5) is 4.79 Å². The SMILES string of the molecule is CC(C)CN(C(=O)NC1CCOC1)C1CCCC1. The molecule has 1 aliphatic heterocycles. The molecular weight excluding hydrogens is 228 g/mol. The molecule has 4 heteroatoms. The summed E-state index contributed by atoms with van der Waals surface area (Å²) in [7, 11) is 0. The lowest BCUT2D eigenvalue weighted by atomic mass is 10.1. The Morgan fingerprint density at radius 2 is 2.06 bits per heavy atom. The molecule has 0 bridgehead atoms. The summed E-state index contributed by atoms with van der Waals surface area (Å²) in [4.78, 5) is 14.4. The largest absolute Gasteiger partial charge is 0.379 e. The van der Waals surface area contributed by atoms with Crippen molar-refractivity contribution in [1.82, 2.24) is 10.2 Å². The summed E-state index contributed by atoms with van der Waals surface area (Å²) < 4.78 is 5.31. The molecule has 0 aromatic heterocycles. The van der Waals surface area contributed by atoms with E-state index in [1.165, 1.54) is 25.7 Å². The molecule has 4 nitrogen and oxygen atoms in total. The Hall–Kier alpha value is -0.770. The molecule has 0 radical (unpaired) electrons. The van der Waals surface area contributed by atoms with Gasteiger partial charge in [0.15, 0.2) is 0 Å². The van der Waals surface area contributed by atoms with Crippen molar-refractivity contribution in [3.8, 4) is 0 Å². The number of amides is 2. The maximum Gasteiger partial charge on any atom is 0.317 e. The van der Waals surface area contributed by atoms with E-state index in [0.29, 0.717) is 18.6 Å². The molecule has 2 amide bonds. The molecule has 2 fully saturated rings. The Balaban J connectivity index is 1.90. The number of hydrogen-bond donors (Lipinski definition) is 1. The van der Waals surface area contributed by atoms with Gasteiger partial charge in [0.05, 0.1) is 12.6 Å². The van der Waals surface area contributed by atoms with E-state index in [4.69, 9.17) is 4.74 Å². The quantitative estimate of drug-likeness (QED) is 0.837. The van der Waals surface area contributed by atoms with Crippen LogP contribution in [0, 0.1) is 5.92 Å². The van der Waals surface area contributed by atoms with Crippen molar-refractivity contribution >= 4 is 6.03 Å². The van der Waals surface area contributed by atoms with Gasteiger partial charge in [-0.05, 0) is 25.2 Å². The van der Waals surface area contributed by atoms with E-state index in [0.717, 1.165) is 19.6 Å². The normalized spacial score (nSPS) is 24.7. The van der Waals surface area contributed by atoms with Gasteiger partial charge in [-0.1, -0.05) is 26.7 Å². The summed E-state index contributed by atoms with van der Waals surface area (Å²) >= 11 is 0. The average Bonchev–Trinajstić information content (AvgIpc) is 2.97. The van der Waals surface area contributed by atoms with E-state index in [1.807, 2.05) is 0 Å². The Kier molecular flexibility index (Phi) is 4.87. The number of carbonyl (C=O) groups excluding carboxylic acids is 1. The molecule has 1 heterocycles. The maximum atomic E-state index is 12.4. The average molecular weight is 254 g/mol. The van der Waals surface area contributed by atoms with Gasteiger partial charge in [0.2, 0.25) is 0 Å². The van der Waals surface area contributed by atoms with Crippen LogP contribution < -0.4 is 5.32 Å². The molecule has 1 unspecified atom stereocenters. The van der Waals surface area contributed by atoms with Gasteiger partial charge >= 0.3 is 6.03 Å². The second-order valence-corrected chi connectivity index (χ2v) is 5.99. The van der Waals surface area contributed by atoms with Crippen LogP contribution in [0.1, 0.15) is 46.0 Å². The molecule has 1 atom stereocenters. The van der Waals surface area contributed by atoms with E-state index < -0.39 is 0 Å². The fourth-order valence-electron chi connectivity index (χ4n) is 2.91. The third-order valence-electron chi connectivity index (χ3n) is 3.85. The van der Waals surface area contributed by atoms with Crippen molar-refractivity contribution < 1.29 is 9.53 Å². The first kappa shape index (κ1) is 13.7. The molecule has 0 spiro atoms. The van der Waals surface area contributed by atoms with Crippen molar-refractivity contribution in [2.75, 3.05) is 19.8 Å². The highest BCUT2D eigenvalue weighted by molar-refractivity contribution is 5.75. The molecule has 1 saturated carbocycles. The minimum Gasteiger partial charge on any atom is -0.379 e. The predicted molar refractivity (Wildman–Crippen MR) is 71.6 cm³/mol. The number of nitrogens with one attached hydrogen (secondary N) is 1. The van der Waals surface area contributed by atoms with E-state index in [-0.39, 0.29) is 12.1 Å². The van der Waals surface area contributed by atoms with E-state index in [1.54, 1.807) is 0 Å². The molecule has 0 aromatic carbocycles. The summed E-state index contributed by atoms with van der Waals surface area (Å²) in [5.74, 6) is 0.524. The second kappa shape index (κ2) is 6.41. The fourth-order valence-corrected chi connectivity index (χ4v) is 2.91. The number of carbonyl (C=O) groups is 1. The zero-order valence-corrected chi connectivity index (χ0v) is 11.7. The number of rotatable bonds is 4. The number of urea groups is 1. The monoisotopic (exact) mass is 254 g/mol. The van der Waals surface area contributed by atoms with Crippen molar-refractivity contribution in [2.24, 2.45) is 5.92 Å². The van der Waals surface area contributed by atoms with Crippen LogP contribution in [0.25, 0.3) is 0 Å². The Morgan fingerprint density at radius 1 is 1.33 bits per heavy atom. The van der Waals surface area contributed by atoms with E-state index >= 15 is 0 Å². The first-order valence-electron chi connectivity index (χ1n) is 7.31. The standard InChI is InChI=1S/C14H26N2O2/c1-11(2)9-16(13-5-3-4-6-13)14(17)15-12-7-8-18-10-12/h11-13H,3-10H2,1-2H3,(H,15,17). The lowest BCUT2D eigenvalue weighted by Crippen LogP contribution is -2.50. The lowest BCUT2D eigenvalue weighted by Gasteiger charge is -2.31. The van der Waals surface area contributed by atoms with Gasteiger partial charge in [-0.15, -0.1) is 0 Å². The number of ether oxygens (including phenoxy) is 1. The Bertz CT molecular complexity index is 269. The molecule has 1 aliphatic carbocycles. The fraction of sp³-hybridized carbons (Fsp3) is 0.929. The summed E-state index contributed by atoms with van der Waals surface area (Å²) in [6.07, 6.45) is 5.81. The van der Waals surface area contributed by atoms with Crippen molar-refractivity contribution in [1.29, 1.82) is 0 Å². The van der Waals surface area contributed by atoms with Gasteiger partial charge in [-0.25, -0.2) is 4.79 Å². The third-order valence-corrected chi connectivity index (χ3v) is 3.85. The van der Waals surface area contributed by atoms with Crippen LogP contribution in [0.2, 0.25) is 0 Å². The molecule has 1 saturated heterocycles. The van der Waals surface area contributed by atoms with Crippen molar-refractivity contribution in [3.63, 3.8) is 0 Å². The number of nitrogens with zero attached hydrogens (tertiary/aromatic N) is 1. The molecule has 104 valence electrons. The third kappa shape index (κ3) is 3.61. The molecule has 0 aromatic rings. The minimum absolute atomic E-state index is 0.117. The van der Waals surface area contributed by atoms with Crippen LogP contribution in [0.5, 0.6) is 0 Å². The van der Waals surface area contributed by atoms with Crippen molar-refractivity contribution in [3.05, 3.63) is 0 Å². The maximum absolute atomic E-state index is 12.4. The summed E-state index contributed by atoms with van der Waals surface area (Å²) in [5, 5.41) is 3.12. The topological polar surface area (TPSA) is 41.6 Å². The highest BCUT2D eigenvalue weighted by atomic mass is 16.5. The summed E-state index contributed by atoms with van der Waals surface area (Å²) in [6, 6.07) is 0.786. The summed E-state index contributed by atoms with van der Waals surface area (Å²) in [5.41, 5.74) is 0. The molecule has 1 N–H and O–H groups in total. The smallest absolute Gasteiger partial charge is 0.317 e. The first-order valence-corrected chi connectivity index (χ1v) is 7.31. The highest BCUT2D eigenvalue weighted by Crippen LogP contribution is 2.24. The van der Waals surface area contributed by atoms with Gasteiger partial charge in [-0.3, -0.25) is 0 Å². The highest BCUT2D eigenvalue weighted by Gasteiger charge is 2.29. The van der Waals surface area contributed by atoms with Gasteiger partial charge < -0.3 is 15.0 Å². The van der Waals surface area contributed by atoms with Crippen LogP contribution in [0.15, 0.2) is 0 Å². The first-order chi connectivity index (χ1) is 8.66. The Morgan fingerprint density at radius 3 is 2.61 bits per heavy atom. The number of hydrogen-bond acceptors (Lipinski definition) is 2. The zero-order valence-electron chi connectivity index (χ0n) is 11.7. The van der Waals surface area contributed by atoms with Gasteiger partial charge in [0.25, 0.3) is 0 Å². The lowest BCUT2D eigenvalue weighted by molar-refractivity contribution is 0.157. The van der Waals surface area contributed by atoms with Crippen LogP contribution >= 0.6 is 0 Å². The van der Waals surface area contributed by atoms with Crippen molar-refractivity contribution in [2.45, 2.75) is 58.0 Å².